The molecule has 20 heavy (non-hydrogen) atoms. The number of carbonyl (C=O) groups excluding carboxylic acids is 1. The first-order chi connectivity index (χ1) is 9.60. The van der Waals surface area contributed by atoms with Crippen molar-refractivity contribution in [2.45, 2.75) is 25.8 Å². The Kier molecular flexibility index (Phi) is 4.74. The van der Waals surface area contributed by atoms with Gasteiger partial charge in [-0.25, -0.2) is 4.79 Å². The number of fused-ring (bicyclic) bond motifs is 1. The van der Waals surface area contributed by atoms with Crippen molar-refractivity contribution < 1.29 is 14.7 Å². The lowest BCUT2D eigenvalue weighted by molar-refractivity contribution is -0.120. The van der Waals surface area contributed by atoms with Crippen LogP contribution in [0.15, 0.2) is 18.2 Å². The average molecular weight is 276 g/mol. The number of nitrogens with one attached hydrogen (secondary N) is 1. The number of hydrogen-bond acceptors (Lipinski definition) is 3. The van der Waals surface area contributed by atoms with Crippen LogP contribution in [-0.4, -0.2) is 42.0 Å². The maximum Gasteiger partial charge on any atom is 0.335 e. The molecule has 1 aromatic rings. The summed E-state index contributed by atoms with van der Waals surface area (Å²) in [6.45, 7) is 2.60. The first-order valence-corrected chi connectivity index (χ1v) is 6.88. The highest BCUT2D eigenvalue weighted by Crippen LogP contribution is 2.20. The highest BCUT2D eigenvalue weighted by Gasteiger charge is 2.17. The van der Waals surface area contributed by atoms with Crippen molar-refractivity contribution in [3.8, 4) is 0 Å². The number of hydrogen-bond donors (Lipinski definition) is 2. The van der Waals surface area contributed by atoms with E-state index < -0.39 is 5.97 Å². The van der Waals surface area contributed by atoms with Crippen LogP contribution >= 0.6 is 0 Å². The Bertz CT molecular complexity index is 514. The summed E-state index contributed by atoms with van der Waals surface area (Å²) in [6.07, 6.45) is 2.30. The second kappa shape index (κ2) is 6.52. The fourth-order valence-electron chi connectivity index (χ4n) is 2.53. The standard InChI is InChI=1S/C15H20N2O3/c1-16-14(18)3-2-7-17-8-6-11-4-5-12(15(19)20)9-13(11)10-17/h4-5,9H,2-3,6-8,10H2,1H3,(H,16,18)(H,19,20). The van der Waals surface area contributed by atoms with Crippen LogP contribution in [0.4, 0.5) is 0 Å². The molecule has 1 heterocycles. The minimum absolute atomic E-state index is 0.0653. The third-order valence-corrected chi connectivity index (χ3v) is 3.70. The van der Waals surface area contributed by atoms with Crippen molar-refractivity contribution in [2.24, 2.45) is 0 Å². The molecule has 0 saturated heterocycles. The maximum absolute atomic E-state index is 11.2. The summed E-state index contributed by atoms with van der Waals surface area (Å²) >= 11 is 0. The number of carbonyl (C=O) groups is 2. The zero-order valence-corrected chi connectivity index (χ0v) is 11.7. The topological polar surface area (TPSA) is 69.6 Å². The monoisotopic (exact) mass is 276 g/mol. The van der Waals surface area contributed by atoms with Gasteiger partial charge in [-0.15, -0.1) is 0 Å². The second-order valence-electron chi connectivity index (χ2n) is 5.09. The number of amides is 1. The van der Waals surface area contributed by atoms with E-state index in [1.165, 1.54) is 5.56 Å². The van der Waals surface area contributed by atoms with Crippen molar-refractivity contribution in [1.82, 2.24) is 10.2 Å². The highest BCUT2D eigenvalue weighted by atomic mass is 16.4. The van der Waals surface area contributed by atoms with E-state index in [0.717, 1.165) is 38.0 Å². The summed E-state index contributed by atoms with van der Waals surface area (Å²) in [7, 11) is 1.65. The van der Waals surface area contributed by atoms with Gasteiger partial charge in [0, 0.05) is 26.6 Å². The number of rotatable bonds is 5. The van der Waals surface area contributed by atoms with Crippen molar-refractivity contribution >= 4 is 11.9 Å². The number of aromatic carboxylic acids is 1. The average Bonchev–Trinajstić information content (AvgIpc) is 2.46. The molecule has 0 aliphatic carbocycles. The molecule has 0 saturated carbocycles. The fourth-order valence-corrected chi connectivity index (χ4v) is 2.53. The van der Waals surface area contributed by atoms with Gasteiger partial charge in [0.15, 0.2) is 0 Å². The number of carboxylic acid groups (broad SMARTS) is 1. The van der Waals surface area contributed by atoms with Crippen molar-refractivity contribution in [3.63, 3.8) is 0 Å². The van der Waals surface area contributed by atoms with Gasteiger partial charge in [0.25, 0.3) is 0 Å². The summed E-state index contributed by atoms with van der Waals surface area (Å²) in [6, 6.07) is 5.35. The summed E-state index contributed by atoms with van der Waals surface area (Å²) in [5.74, 6) is -0.819. The first kappa shape index (κ1) is 14.5. The minimum Gasteiger partial charge on any atom is -0.478 e. The summed E-state index contributed by atoms with van der Waals surface area (Å²) in [5, 5.41) is 11.6. The molecule has 2 rings (SSSR count). The molecule has 0 atom stereocenters. The Labute approximate surface area is 118 Å². The second-order valence-corrected chi connectivity index (χ2v) is 5.09. The minimum atomic E-state index is -0.885. The van der Waals surface area contributed by atoms with Crippen molar-refractivity contribution in [3.05, 3.63) is 34.9 Å². The molecule has 0 bridgehead atoms. The number of nitrogens with zero attached hydrogens (tertiary/aromatic N) is 1. The Balaban J connectivity index is 1.94. The van der Waals surface area contributed by atoms with Gasteiger partial charge >= 0.3 is 5.97 Å². The van der Waals surface area contributed by atoms with Crippen LogP contribution in [-0.2, 0) is 17.8 Å². The molecule has 1 aliphatic heterocycles. The van der Waals surface area contributed by atoms with Gasteiger partial charge in [-0.1, -0.05) is 6.07 Å². The summed E-state index contributed by atoms with van der Waals surface area (Å²) < 4.78 is 0. The Morgan fingerprint density at radius 1 is 1.35 bits per heavy atom. The molecule has 1 aromatic carbocycles. The lowest BCUT2D eigenvalue weighted by atomic mass is 9.97. The molecule has 0 radical (unpaired) electrons. The van der Waals surface area contributed by atoms with Gasteiger partial charge in [0.1, 0.15) is 0 Å². The third kappa shape index (κ3) is 3.57. The van der Waals surface area contributed by atoms with E-state index in [0.29, 0.717) is 12.0 Å². The molecule has 1 amide bonds. The van der Waals surface area contributed by atoms with Crippen LogP contribution in [0.2, 0.25) is 0 Å². The molecule has 1 aliphatic rings. The lowest BCUT2D eigenvalue weighted by Crippen LogP contribution is -2.32. The largest absolute Gasteiger partial charge is 0.478 e. The molecule has 0 spiro atoms. The maximum atomic E-state index is 11.2. The van der Waals surface area contributed by atoms with Crippen LogP contribution < -0.4 is 5.32 Å². The molecule has 0 fully saturated rings. The zero-order valence-electron chi connectivity index (χ0n) is 11.7. The quantitative estimate of drug-likeness (QED) is 0.849. The SMILES string of the molecule is CNC(=O)CCCN1CCc2ccc(C(=O)O)cc2C1. The molecule has 0 unspecified atom stereocenters. The highest BCUT2D eigenvalue weighted by molar-refractivity contribution is 5.87. The van der Waals surface area contributed by atoms with E-state index in [2.05, 4.69) is 10.2 Å². The molecular formula is C15H20N2O3. The van der Waals surface area contributed by atoms with Crippen LogP contribution in [0.1, 0.15) is 34.3 Å². The van der Waals surface area contributed by atoms with Crippen LogP contribution in [0.5, 0.6) is 0 Å². The van der Waals surface area contributed by atoms with Gasteiger partial charge in [-0.3, -0.25) is 9.69 Å². The lowest BCUT2D eigenvalue weighted by Gasteiger charge is -2.28. The van der Waals surface area contributed by atoms with Gasteiger partial charge in [-0.2, -0.15) is 0 Å². The smallest absolute Gasteiger partial charge is 0.335 e. The Hall–Kier alpha value is -1.88. The molecule has 5 nitrogen and oxygen atoms in total. The van der Waals surface area contributed by atoms with E-state index in [9.17, 15) is 9.59 Å². The Morgan fingerprint density at radius 2 is 2.15 bits per heavy atom. The first-order valence-electron chi connectivity index (χ1n) is 6.88. The molecule has 5 heteroatoms. The molecule has 108 valence electrons. The normalized spacial score (nSPS) is 14.7. The summed E-state index contributed by atoms with van der Waals surface area (Å²) in [4.78, 5) is 24.4. The fraction of sp³-hybridized carbons (Fsp3) is 0.467. The molecular weight excluding hydrogens is 256 g/mol. The number of benzene rings is 1. The Morgan fingerprint density at radius 3 is 2.85 bits per heavy atom. The van der Waals surface area contributed by atoms with E-state index in [1.807, 2.05) is 6.07 Å². The van der Waals surface area contributed by atoms with Gasteiger partial charge in [-0.05, 0) is 42.6 Å². The van der Waals surface area contributed by atoms with Gasteiger partial charge < -0.3 is 10.4 Å². The summed E-state index contributed by atoms with van der Waals surface area (Å²) in [5.41, 5.74) is 2.67. The van der Waals surface area contributed by atoms with Gasteiger partial charge in [0.2, 0.25) is 5.91 Å². The predicted molar refractivity (Wildman–Crippen MR) is 75.7 cm³/mol. The predicted octanol–water partition coefficient (Wildman–Crippen LogP) is 1.27. The van der Waals surface area contributed by atoms with E-state index in [1.54, 1.807) is 19.2 Å². The molecule has 2 N–H and O–H groups in total. The van der Waals surface area contributed by atoms with Crippen LogP contribution in [0.25, 0.3) is 0 Å². The number of carboxylic acids is 1. The van der Waals surface area contributed by atoms with Crippen LogP contribution in [0.3, 0.4) is 0 Å². The van der Waals surface area contributed by atoms with E-state index in [4.69, 9.17) is 5.11 Å². The van der Waals surface area contributed by atoms with E-state index in [-0.39, 0.29) is 5.91 Å². The van der Waals surface area contributed by atoms with Gasteiger partial charge in [0.05, 0.1) is 5.56 Å². The van der Waals surface area contributed by atoms with Crippen LogP contribution in [0, 0.1) is 0 Å². The zero-order chi connectivity index (χ0) is 14.5. The van der Waals surface area contributed by atoms with E-state index >= 15 is 0 Å². The van der Waals surface area contributed by atoms with Crippen molar-refractivity contribution in [1.29, 1.82) is 0 Å². The van der Waals surface area contributed by atoms with Crippen molar-refractivity contribution in [2.75, 3.05) is 20.1 Å². The molecule has 0 aromatic heterocycles. The third-order valence-electron chi connectivity index (χ3n) is 3.70.